The SMILES string of the molecule is Cc1cc(-c2noc(CCC(=O)N3CCC(NCC4CC4)CC3)n2)ccc1F.Cl. The highest BCUT2D eigenvalue weighted by atomic mass is 35.5. The van der Waals surface area contributed by atoms with Gasteiger partial charge in [0.25, 0.3) is 0 Å². The van der Waals surface area contributed by atoms with Gasteiger partial charge in [0.05, 0.1) is 0 Å². The van der Waals surface area contributed by atoms with Crippen LogP contribution >= 0.6 is 12.4 Å². The van der Waals surface area contributed by atoms with Crippen LogP contribution in [-0.2, 0) is 11.2 Å². The van der Waals surface area contributed by atoms with Gasteiger partial charge in [-0.2, -0.15) is 4.98 Å². The number of amides is 1. The number of carbonyl (C=O) groups excluding carboxylic acids is 1. The monoisotopic (exact) mass is 422 g/mol. The average molecular weight is 423 g/mol. The fourth-order valence-corrected chi connectivity index (χ4v) is 3.62. The average Bonchev–Trinajstić information content (AvgIpc) is 3.42. The molecule has 2 aliphatic rings. The Hall–Kier alpha value is -1.99. The van der Waals surface area contributed by atoms with Crippen LogP contribution in [-0.4, -0.2) is 46.6 Å². The lowest BCUT2D eigenvalue weighted by Gasteiger charge is -2.32. The minimum absolute atomic E-state index is 0. The molecule has 0 bridgehead atoms. The molecule has 2 heterocycles. The number of likely N-dealkylation sites (tertiary alicyclic amines) is 1. The first-order valence-electron chi connectivity index (χ1n) is 10.2. The summed E-state index contributed by atoms with van der Waals surface area (Å²) in [4.78, 5) is 18.8. The van der Waals surface area contributed by atoms with Gasteiger partial charge in [-0.15, -0.1) is 12.4 Å². The predicted molar refractivity (Wildman–Crippen MR) is 110 cm³/mol. The standard InChI is InChI=1S/C21H27FN4O2.ClH/c1-14-12-16(4-5-18(14)22)21-24-19(28-25-21)6-7-20(27)26-10-8-17(9-11-26)23-13-15-2-3-15;/h4-5,12,15,17,23H,2-3,6-11,13H2,1H3;1H. The fraction of sp³-hybridized carbons (Fsp3) is 0.571. The molecule has 2 aromatic rings. The van der Waals surface area contributed by atoms with Crippen LogP contribution in [0.3, 0.4) is 0 Å². The van der Waals surface area contributed by atoms with Crippen molar-refractivity contribution < 1.29 is 13.7 Å². The van der Waals surface area contributed by atoms with Crippen molar-refractivity contribution in [2.24, 2.45) is 5.92 Å². The van der Waals surface area contributed by atoms with Crippen molar-refractivity contribution in [1.29, 1.82) is 0 Å². The summed E-state index contributed by atoms with van der Waals surface area (Å²) in [5.41, 5.74) is 1.25. The highest BCUT2D eigenvalue weighted by molar-refractivity contribution is 5.85. The van der Waals surface area contributed by atoms with E-state index in [2.05, 4.69) is 15.5 Å². The number of piperidine rings is 1. The van der Waals surface area contributed by atoms with Gasteiger partial charge in [0, 0.05) is 37.5 Å². The maximum Gasteiger partial charge on any atom is 0.227 e. The molecule has 0 atom stereocenters. The maximum absolute atomic E-state index is 13.4. The second kappa shape index (κ2) is 9.67. The second-order valence-electron chi connectivity index (χ2n) is 7.98. The first-order chi connectivity index (χ1) is 13.6. The lowest BCUT2D eigenvalue weighted by Crippen LogP contribution is -2.45. The molecule has 1 saturated carbocycles. The number of aromatic nitrogens is 2. The zero-order valence-electron chi connectivity index (χ0n) is 16.7. The molecule has 0 spiro atoms. The van der Waals surface area contributed by atoms with E-state index in [1.165, 1.54) is 18.9 Å². The number of hydrogen-bond donors (Lipinski definition) is 1. The lowest BCUT2D eigenvalue weighted by molar-refractivity contribution is -0.132. The van der Waals surface area contributed by atoms with Crippen molar-refractivity contribution in [3.8, 4) is 11.4 Å². The molecule has 158 valence electrons. The molecular weight excluding hydrogens is 395 g/mol. The number of rotatable bonds is 7. The number of halogens is 2. The molecule has 1 amide bonds. The minimum Gasteiger partial charge on any atom is -0.343 e. The molecule has 0 unspecified atom stereocenters. The quantitative estimate of drug-likeness (QED) is 0.739. The molecule has 1 aromatic heterocycles. The van der Waals surface area contributed by atoms with E-state index in [1.54, 1.807) is 19.1 Å². The summed E-state index contributed by atoms with van der Waals surface area (Å²) in [7, 11) is 0. The topological polar surface area (TPSA) is 71.3 Å². The van der Waals surface area contributed by atoms with E-state index in [4.69, 9.17) is 4.52 Å². The third-order valence-corrected chi connectivity index (χ3v) is 5.68. The summed E-state index contributed by atoms with van der Waals surface area (Å²) in [5.74, 6) is 1.62. The van der Waals surface area contributed by atoms with E-state index >= 15 is 0 Å². The van der Waals surface area contributed by atoms with E-state index in [9.17, 15) is 9.18 Å². The predicted octanol–water partition coefficient (Wildman–Crippen LogP) is 3.53. The number of aryl methyl sites for hydroxylation is 2. The van der Waals surface area contributed by atoms with Gasteiger partial charge >= 0.3 is 0 Å². The molecule has 1 saturated heterocycles. The van der Waals surface area contributed by atoms with Crippen LogP contribution < -0.4 is 5.32 Å². The Labute approximate surface area is 176 Å². The third kappa shape index (κ3) is 5.76. The van der Waals surface area contributed by atoms with Crippen LogP contribution in [0.15, 0.2) is 22.7 Å². The molecule has 2 fully saturated rings. The van der Waals surface area contributed by atoms with Crippen LogP contribution in [0.2, 0.25) is 0 Å². The van der Waals surface area contributed by atoms with E-state index < -0.39 is 0 Å². The Morgan fingerprint density at radius 1 is 1.28 bits per heavy atom. The Morgan fingerprint density at radius 3 is 2.72 bits per heavy atom. The first kappa shape index (κ1) is 21.7. The summed E-state index contributed by atoms with van der Waals surface area (Å²) >= 11 is 0. The molecule has 1 aliphatic heterocycles. The zero-order valence-corrected chi connectivity index (χ0v) is 17.5. The Balaban J connectivity index is 0.00000240. The molecule has 1 N–H and O–H groups in total. The van der Waals surface area contributed by atoms with Gasteiger partial charge < -0.3 is 14.7 Å². The summed E-state index contributed by atoms with van der Waals surface area (Å²) < 4.78 is 18.7. The highest BCUT2D eigenvalue weighted by Crippen LogP contribution is 2.28. The molecular formula is C21H28ClFN4O2. The number of hydrogen-bond acceptors (Lipinski definition) is 5. The van der Waals surface area contributed by atoms with E-state index in [1.807, 2.05) is 4.90 Å². The zero-order chi connectivity index (χ0) is 19.5. The molecule has 1 aliphatic carbocycles. The van der Waals surface area contributed by atoms with Gasteiger partial charge in [0.1, 0.15) is 5.82 Å². The molecule has 8 heteroatoms. The van der Waals surface area contributed by atoms with Gasteiger partial charge in [-0.05, 0) is 68.8 Å². The van der Waals surface area contributed by atoms with E-state index in [0.29, 0.717) is 41.7 Å². The van der Waals surface area contributed by atoms with Gasteiger partial charge in [-0.1, -0.05) is 5.16 Å². The highest BCUT2D eigenvalue weighted by Gasteiger charge is 2.26. The lowest BCUT2D eigenvalue weighted by atomic mass is 10.0. The van der Waals surface area contributed by atoms with E-state index in [0.717, 1.165) is 38.4 Å². The molecule has 6 nitrogen and oxygen atoms in total. The largest absolute Gasteiger partial charge is 0.343 e. The van der Waals surface area contributed by atoms with Crippen LogP contribution in [0.1, 0.15) is 43.6 Å². The van der Waals surface area contributed by atoms with Gasteiger partial charge in [0.2, 0.25) is 17.6 Å². The van der Waals surface area contributed by atoms with Crippen molar-refractivity contribution in [3.63, 3.8) is 0 Å². The number of nitrogens with one attached hydrogen (secondary N) is 1. The first-order valence-corrected chi connectivity index (χ1v) is 10.2. The third-order valence-electron chi connectivity index (χ3n) is 5.68. The van der Waals surface area contributed by atoms with E-state index in [-0.39, 0.29) is 24.1 Å². The van der Waals surface area contributed by atoms with Crippen molar-refractivity contribution in [3.05, 3.63) is 35.5 Å². The molecule has 29 heavy (non-hydrogen) atoms. The Morgan fingerprint density at radius 2 is 2.03 bits per heavy atom. The van der Waals surface area contributed by atoms with Crippen LogP contribution in [0, 0.1) is 18.7 Å². The van der Waals surface area contributed by atoms with Crippen LogP contribution in [0.5, 0.6) is 0 Å². The smallest absolute Gasteiger partial charge is 0.227 e. The second-order valence-corrected chi connectivity index (χ2v) is 7.98. The minimum atomic E-state index is -0.260. The molecule has 1 aromatic carbocycles. The summed E-state index contributed by atoms with van der Waals surface area (Å²) in [6.45, 7) is 4.45. The van der Waals surface area contributed by atoms with Crippen molar-refractivity contribution in [2.75, 3.05) is 19.6 Å². The van der Waals surface area contributed by atoms with Gasteiger partial charge in [0.15, 0.2) is 0 Å². The van der Waals surface area contributed by atoms with Gasteiger partial charge in [-0.25, -0.2) is 4.39 Å². The van der Waals surface area contributed by atoms with Crippen LogP contribution in [0.4, 0.5) is 4.39 Å². The van der Waals surface area contributed by atoms with Crippen molar-refractivity contribution in [2.45, 2.75) is 51.5 Å². The molecule has 4 rings (SSSR count). The van der Waals surface area contributed by atoms with Crippen molar-refractivity contribution >= 4 is 18.3 Å². The Kier molecular flexibility index (Phi) is 7.24. The molecule has 0 radical (unpaired) electrons. The maximum atomic E-state index is 13.4. The van der Waals surface area contributed by atoms with Crippen molar-refractivity contribution in [1.82, 2.24) is 20.4 Å². The number of nitrogens with zero attached hydrogens (tertiary/aromatic N) is 3. The van der Waals surface area contributed by atoms with Gasteiger partial charge in [-0.3, -0.25) is 4.79 Å². The summed E-state index contributed by atoms with van der Waals surface area (Å²) in [6.07, 6.45) is 5.56. The number of benzene rings is 1. The summed E-state index contributed by atoms with van der Waals surface area (Å²) in [6, 6.07) is 5.26. The normalized spacial score (nSPS) is 17.2. The Bertz CT molecular complexity index is 832. The van der Waals surface area contributed by atoms with Crippen LogP contribution in [0.25, 0.3) is 11.4 Å². The fourth-order valence-electron chi connectivity index (χ4n) is 3.62. The summed E-state index contributed by atoms with van der Waals surface area (Å²) in [5, 5.41) is 7.59. The number of carbonyl (C=O) groups is 1.